The number of likely N-dealkylation sites (N-methyl/N-ethyl adjacent to an activating group) is 1. The Morgan fingerprint density at radius 3 is 2.62 bits per heavy atom. The van der Waals surface area contributed by atoms with Crippen molar-refractivity contribution in [1.82, 2.24) is 10.2 Å². The molecule has 1 saturated heterocycles. The van der Waals surface area contributed by atoms with Crippen molar-refractivity contribution in [3.05, 3.63) is 0 Å². The van der Waals surface area contributed by atoms with Crippen LogP contribution in [0, 0.1) is 5.92 Å². The Balaban J connectivity index is 2.43. The van der Waals surface area contributed by atoms with E-state index in [-0.39, 0.29) is 0 Å². The summed E-state index contributed by atoms with van der Waals surface area (Å²) < 4.78 is 5.83. The van der Waals surface area contributed by atoms with Crippen molar-refractivity contribution in [2.75, 3.05) is 32.8 Å². The lowest BCUT2D eigenvalue weighted by molar-refractivity contribution is -0.0278. The minimum atomic E-state index is 0.359. The van der Waals surface area contributed by atoms with E-state index < -0.39 is 0 Å². The van der Waals surface area contributed by atoms with Crippen LogP contribution in [0.15, 0.2) is 0 Å². The van der Waals surface area contributed by atoms with Crippen molar-refractivity contribution in [2.45, 2.75) is 46.3 Å². The monoisotopic (exact) mass is 228 g/mol. The number of nitrogens with one attached hydrogen (secondary N) is 1. The van der Waals surface area contributed by atoms with Crippen LogP contribution < -0.4 is 5.32 Å². The van der Waals surface area contributed by atoms with Gasteiger partial charge in [0.25, 0.3) is 0 Å². The first-order chi connectivity index (χ1) is 7.69. The van der Waals surface area contributed by atoms with Crippen LogP contribution in [0.2, 0.25) is 0 Å². The maximum atomic E-state index is 5.83. The van der Waals surface area contributed by atoms with Crippen LogP contribution in [0.25, 0.3) is 0 Å². The average molecular weight is 228 g/mol. The Bertz CT molecular complexity index is 181. The van der Waals surface area contributed by atoms with Crippen molar-refractivity contribution >= 4 is 0 Å². The van der Waals surface area contributed by atoms with Gasteiger partial charge >= 0.3 is 0 Å². The molecule has 0 aliphatic carbocycles. The van der Waals surface area contributed by atoms with Gasteiger partial charge in [-0.05, 0) is 19.4 Å². The molecule has 3 unspecified atom stereocenters. The molecule has 0 aromatic heterocycles. The van der Waals surface area contributed by atoms with E-state index >= 15 is 0 Å². The summed E-state index contributed by atoms with van der Waals surface area (Å²) in [4.78, 5) is 2.55. The molecule has 1 N–H and O–H groups in total. The Kier molecular flexibility index (Phi) is 6.32. The smallest absolute Gasteiger partial charge is 0.0852 e. The van der Waals surface area contributed by atoms with Crippen molar-refractivity contribution < 1.29 is 4.74 Å². The second-order valence-electron chi connectivity index (χ2n) is 4.95. The van der Waals surface area contributed by atoms with Crippen LogP contribution in [0.4, 0.5) is 0 Å². The molecule has 1 aliphatic rings. The molecule has 0 saturated carbocycles. The van der Waals surface area contributed by atoms with E-state index in [9.17, 15) is 0 Å². The zero-order valence-corrected chi connectivity index (χ0v) is 11.3. The largest absolute Gasteiger partial charge is 0.374 e. The molecule has 16 heavy (non-hydrogen) atoms. The Morgan fingerprint density at radius 2 is 2.12 bits per heavy atom. The van der Waals surface area contributed by atoms with E-state index in [1.807, 2.05) is 0 Å². The van der Waals surface area contributed by atoms with E-state index in [1.165, 1.54) is 13.0 Å². The summed E-state index contributed by atoms with van der Waals surface area (Å²) in [6.07, 6.45) is 1.62. The fourth-order valence-corrected chi connectivity index (χ4v) is 2.24. The quantitative estimate of drug-likeness (QED) is 0.749. The van der Waals surface area contributed by atoms with Gasteiger partial charge in [0, 0.05) is 25.7 Å². The third-order valence-electron chi connectivity index (χ3n) is 3.72. The summed E-state index contributed by atoms with van der Waals surface area (Å²) in [5, 5.41) is 3.41. The predicted molar refractivity (Wildman–Crippen MR) is 68.8 cm³/mol. The minimum Gasteiger partial charge on any atom is -0.374 e. The molecule has 0 radical (unpaired) electrons. The lowest BCUT2D eigenvalue weighted by atomic mass is 10.1. The van der Waals surface area contributed by atoms with Crippen LogP contribution in [-0.2, 0) is 4.74 Å². The highest BCUT2D eigenvalue weighted by molar-refractivity contribution is 4.80. The van der Waals surface area contributed by atoms with E-state index in [1.54, 1.807) is 0 Å². The maximum absolute atomic E-state index is 5.83. The molecule has 1 fully saturated rings. The summed E-state index contributed by atoms with van der Waals surface area (Å²) in [5.41, 5.74) is 0. The Hall–Kier alpha value is -0.120. The van der Waals surface area contributed by atoms with Gasteiger partial charge in [0.15, 0.2) is 0 Å². The van der Waals surface area contributed by atoms with Crippen LogP contribution in [0.5, 0.6) is 0 Å². The average Bonchev–Trinajstić information content (AvgIpc) is 2.35. The number of hydrogen-bond donors (Lipinski definition) is 1. The first kappa shape index (κ1) is 13.9. The molecule has 96 valence electrons. The normalized spacial score (nSPS) is 25.7. The second kappa shape index (κ2) is 7.25. The Morgan fingerprint density at radius 1 is 1.38 bits per heavy atom. The van der Waals surface area contributed by atoms with Crippen molar-refractivity contribution in [3.63, 3.8) is 0 Å². The van der Waals surface area contributed by atoms with E-state index in [2.05, 4.69) is 37.9 Å². The van der Waals surface area contributed by atoms with Gasteiger partial charge in [-0.25, -0.2) is 0 Å². The van der Waals surface area contributed by atoms with Crippen molar-refractivity contribution in [1.29, 1.82) is 0 Å². The molecule has 3 nitrogen and oxygen atoms in total. The summed E-state index contributed by atoms with van der Waals surface area (Å²) in [6, 6.07) is 0.520. The number of nitrogens with zero attached hydrogens (tertiary/aromatic N) is 1. The molecule has 1 heterocycles. The van der Waals surface area contributed by atoms with Gasteiger partial charge < -0.3 is 10.1 Å². The molecular weight excluding hydrogens is 200 g/mol. The van der Waals surface area contributed by atoms with Gasteiger partial charge in [-0.3, -0.25) is 4.90 Å². The Labute approximate surface area is 101 Å². The second-order valence-corrected chi connectivity index (χ2v) is 4.95. The van der Waals surface area contributed by atoms with Gasteiger partial charge in [0.2, 0.25) is 0 Å². The molecule has 0 amide bonds. The predicted octanol–water partition coefficient (Wildman–Crippen LogP) is 1.73. The molecule has 3 atom stereocenters. The van der Waals surface area contributed by atoms with Crippen molar-refractivity contribution in [3.8, 4) is 0 Å². The summed E-state index contributed by atoms with van der Waals surface area (Å²) in [5.74, 6) is 0.777. The number of hydrogen-bond acceptors (Lipinski definition) is 3. The zero-order chi connectivity index (χ0) is 12.0. The zero-order valence-electron chi connectivity index (χ0n) is 11.3. The standard InChI is InChI=1S/C13H28N2O/c1-5-11(3)10-15(6-2)12(4)13-9-14-7-8-16-13/h11-14H,5-10H2,1-4H3. The van der Waals surface area contributed by atoms with Gasteiger partial charge in [-0.2, -0.15) is 0 Å². The highest BCUT2D eigenvalue weighted by atomic mass is 16.5. The lowest BCUT2D eigenvalue weighted by Gasteiger charge is -2.37. The van der Waals surface area contributed by atoms with Crippen molar-refractivity contribution in [2.24, 2.45) is 5.92 Å². The third kappa shape index (κ3) is 4.04. The minimum absolute atomic E-state index is 0.359. The molecule has 0 spiro atoms. The van der Waals surface area contributed by atoms with E-state index in [0.29, 0.717) is 12.1 Å². The molecule has 0 aromatic rings. The summed E-state index contributed by atoms with van der Waals surface area (Å²) >= 11 is 0. The number of morpholine rings is 1. The van der Waals surface area contributed by atoms with E-state index in [0.717, 1.165) is 32.2 Å². The van der Waals surface area contributed by atoms with Gasteiger partial charge in [-0.1, -0.05) is 27.2 Å². The molecule has 1 aliphatic heterocycles. The first-order valence-electron chi connectivity index (χ1n) is 6.75. The molecule has 3 heteroatoms. The topological polar surface area (TPSA) is 24.5 Å². The van der Waals surface area contributed by atoms with Gasteiger partial charge in [-0.15, -0.1) is 0 Å². The fourth-order valence-electron chi connectivity index (χ4n) is 2.24. The van der Waals surface area contributed by atoms with E-state index in [4.69, 9.17) is 4.74 Å². The highest BCUT2D eigenvalue weighted by Gasteiger charge is 2.25. The van der Waals surface area contributed by atoms with Crippen LogP contribution >= 0.6 is 0 Å². The molecule has 1 rings (SSSR count). The molecular formula is C13H28N2O. The summed E-state index contributed by atoms with van der Waals surface area (Å²) in [7, 11) is 0. The molecule has 0 bridgehead atoms. The fraction of sp³-hybridized carbons (Fsp3) is 1.00. The summed E-state index contributed by atoms with van der Waals surface area (Å²) in [6.45, 7) is 14.3. The van der Waals surface area contributed by atoms with Crippen LogP contribution in [0.3, 0.4) is 0 Å². The first-order valence-corrected chi connectivity index (χ1v) is 6.75. The number of ether oxygens (including phenoxy) is 1. The van der Waals surface area contributed by atoms with Crippen LogP contribution in [-0.4, -0.2) is 49.8 Å². The molecule has 0 aromatic carbocycles. The SMILES string of the molecule is CCC(C)CN(CC)C(C)C1CNCCO1. The van der Waals surface area contributed by atoms with Gasteiger partial charge in [0.05, 0.1) is 12.7 Å². The highest BCUT2D eigenvalue weighted by Crippen LogP contribution is 2.13. The van der Waals surface area contributed by atoms with Crippen LogP contribution in [0.1, 0.15) is 34.1 Å². The lowest BCUT2D eigenvalue weighted by Crippen LogP contribution is -2.51. The number of rotatable bonds is 6. The third-order valence-corrected chi connectivity index (χ3v) is 3.72. The maximum Gasteiger partial charge on any atom is 0.0852 e. The van der Waals surface area contributed by atoms with Gasteiger partial charge in [0.1, 0.15) is 0 Å².